The Balaban J connectivity index is 2.05. The highest BCUT2D eigenvalue weighted by molar-refractivity contribution is 5.78. The van der Waals surface area contributed by atoms with Gasteiger partial charge in [0.05, 0.1) is 19.4 Å². The van der Waals surface area contributed by atoms with Crippen LogP contribution >= 0.6 is 0 Å². The van der Waals surface area contributed by atoms with E-state index in [0.29, 0.717) is 6.42 Å². The van der Waals surface area contributed by atoms with Crippen molar-refractivity contribution in [2.24, 2.45) is 5.92 Å². The van der Waals surface area contributed by atoms with Gasteiger partial charge in [-0.1, -0.05) is 67.1 Å². The molecule has 0 aliphatic heterocycles. The van der Waals surface area contributed by atoms with Crippen molar-refractivity contribution < 1.29 is 19.4 Å². The van der Waals surface area contributed by atoms with Crippen molar-refractivity contribution in [1.29, 1.82) is 0 Å². The molecule has 0 fully saturated rings. The third-order valence-corrected chi connectivity index (χ3v) is 4.44. The lowest BCUT2D eigenvalue weighted by Crippen LogP contribution is -2.19. The molecule has 2 aromatic carbocycles. The number of esters is 1. The Morgan fingerprint density at radius 2 is 1.44 bits per heavy atom. The molecule has 0 saturated carbocycles. The van der Waals surface area contributed by atoms with Crippen LogP contribution in [-0.4, -0.2) is 24.2 Å². The van der Waals surface area contributed by atoms with E-state index in [4.69, 9.17) is 0 Å². The number of ether oxygens (including phenoxy) is 1. The van der Waals surface area contributed by atoms with Gasteiger partial charge in [-0.05, 0) is 24.0 Å². The Morgan fingerprint density at radius 1 is 0.920 bits per heavy atom. The minimum absolute atomic E-state index is 0.0762. The predicted molar refractivity (Wildman–Crippen MR) is 96.3 cm³/mol. The summed E-state index contributed by atoms with van der Waals surface area (Å²) in [6.45, 7) is 0. The van der Waals surface area contributed by atoms with Crippen molar-refractivity contribution in [3.8, 4) is 0 Å². The van der Waals surface area contributed by atoms with Gasteiger partial charge in [0.2, 0.25) is 0 Å². The summed E-state index contributed by atoms with van der Waals surface area (Å²) in [7, 11) is 1.28. The molecule has 2 aromatic rings. The molecule has 0 aliphatic rings. The highest BCUT2D eigenvalue weighted by Gasteiger charge is 2.22. The third-order valence-electron chi connectivity index (χ3n) is 4.44. The Hall–Kier alpha value is -2.62. The number of carboxylic acids is 1. The molecule has 1 unspecified atom stereocenters. The van der Waals surface area contributed by atoms with Crippen LogP contribution in [0.3, 0.4) is 0 Å². The van der Waals surface area contributed by atoms with Crippen molar-refractivity contribution in [3.63, 3.8) is 0 Å². The van der Waals surface area contributed by atoms with Crippen LogP contribution in [0, 0.1) is 5.92 Å². The Kier molecular flexibility index (Phi) is 7.20. The van der Waals surface area contributed by atoms with Gasteiger partial charge in [0, 0.05) is 5.92 Å². The number of carbonyl (C=O) groups excluding carboxylic acids is 1. The second-order valence-corrected chi connectivity index (χ2v) is 6.12. The minimum Gasteiger partial charge on any atom is -0.481 e. The molecule has 1 atom stereocenters. The van der Waals surface area contributed by atoms with E-state index in [0.717, 1.165) is 12.8 Å². The second-order valence-electron chi connectivity index (χ2n) is 6.12. The molecule has 4 heteroatoms. The average molecular weight is 340 g/mol. The minimum atomic E-state index is -0.943. The number of hydrogen-bond donors (Lipinski definition) is 1. The van der Waals surface area contributed by atoms with Gasteiger partial charge in [0.25, 0.3) is 0 Å². The first kappa shape index (κ1) is 18.7. The fourth-order valence-electron chi connectivity index (χ4n) is 3.06. The van der Waals surface area contributed by atoms with Gasteiger partial charge in [0.1, 0.15) is 0 Å². The van der Waals surface area contributed by atoms with Gasteiger partial charge in [-0.15, -0.1) is 0 Å². The molecule has 0 aliphatic carbocycles. The van der Waals surface area contributed by atoms with Gasteiger partial charge < -0.3 is 9.84 Å². The highest BCUT2D eigenvalue weighted by atomic mass is 16.5. The predicted octanol–water partition coefficient (Wildman–Crippen LogP) is 4.25. The first-order valence-electron chi connectivity index (χ1n) is 8.51. The molecule has 0 bridgehead atoms. The van der Waals surface area contributed by atoms with E-state index < -0.39 is 17.9 Å². The maximum atomic E-state index is 11.4. The van der Waals surface area contributed by atoms with Crippen LogP contribution in [0.4, 0.5) is 0 Å². The van der Waals surface area contributed by atoms with Crippen molar-refractivity contribution in [3.05, 3.63) is 71.8 Å². The van der Waals surface area contributed by atoms with Crippen LogP contribution in [0.25, 0.3) is 0 Å². The molecule has 1 N–H and O–H groups in total. The van der Waals surface area contributed by atoms with Crippen LogP contribution in [0.15, 0.2) is 60.7 Å². The second kappa shape index (κ2) is 9.62. The molecule has 0 amide bonds. The number of methoxy groups -OCH3 is 1. The molecule has 0 spiro atoms. The summed E-state index contributed by atoms with van der Waals surface area (Å²) in [5.74, 6) is -1.90. The molecule has 0 heterocycles. The molecule has 132 valence electrons. The number of carboxylic acid groups (broad SMARTS) is 1. The molecule has 0 saturated heterocycles. The van der Waals surface area contributed by atoms with Crippen molar-refractivity contribution in [2.75, 3.05) is 7.11 Å². The largest absolute Gasteiger partial charge is 0.481 e. The van der Waals surface area contributed by atoms with E-state index in [2.05, 4.69) is 29.0 Å². The maximum Gasteiger partial charge on any atom is 0.307 e. The lowest BCUT2D eigenvalue weighted by Gasteiger charge is -2.19. The lowest BCUT2D eigenvalue weighted by atomic mass is 9.85. The monoisotopic (exact) mass is 340 g/mol. The van der Waals surface area contributed by atoms with Crippen molar-refractivity contribution in [2.45, 2.75) is 31.6 Å². The molecular formula is C21H24O4. The van der Waals surface area contributed by atoms with Crippen LogP contribution in [0.5, 0.6) is 0 Å². The zero-order valence-electron chi connectivity index (χ0n) is 14.4. The summed E-state index contributed by atoms with van der Waals surface area (Å²) in [5.41, 5.74) is 2.43. The van der Waals surface area contributed by atoms with Crippen LogP contribution in [0.2, 0.25) is 0 Å². The zero-order valence-corrected chi connectivity index (χ0v) is 14.4. The van der Waals surface area contributed by atoms with Gasteiger partial charge in [-0.3, -0.25) is 9.59 Å². The summed E-state index contributed by atoms with van der Waals surface area (Å²) in [6.07, 6.45) is 1.94. The summed E-state index contributed by atoms with van der Waals surface area (Å²) in [6, 6.07) is 20.4. The summed E-state index contributed by atoms with van der Waals surface area (Å²) in [4.78, 5) is 22.7. The van der Waals surface area contributed by atoms with Crippen LogP contribution in [-0.2, 0) is 14.3 Å². The Bertz CT molecular complexity index is 627. The van der Waals surface area contributed by atoms with Crippen molar-refractivity contribution in [1.82, 2.24) is 0 Å². The van der Waals surface area contributed by atoms with Gasteiger partial charge in [0.15, 0.2) is 0 Å². The average Bonchev–Trinajstić information content (AvgIpc) is 2.65. The third kappa shape index (κ3) is 5.75. The lowest BCUT2D eigenvalue weighted by molar-refractivity contribution is -0.150. The van der Waals surface area contributed by atoms with E-state index in [-0.39, 0.29) is 12.3 Å². The molecule has 4 nitrogen and oxygen atoms in total. The van der Waals surface area contributed by atoms with Crippen LogP contribution in [0.1, 0.15) is 42.7 Å². The quantitative estimate of drug-likeness (QED) is 0.693. The Labute approximate surface area is 148 Å². The number of rotatable bonds is 9. The topological polar surface area (TPSA) is 63.6 Å². The molecule has 2 rings (SSSR count). The van der Waals surface area contributed by atoms with Gasteiger partial charge in [-0.2, -0.15) is 0 Å². The fraction of sp³-hybridized carbons (Fsp3) is 0.333. The highest BCUT2D eigenvalue weighted by Crippen LogP contribution is 2.30. The standard InChI is InChI=1S/C21H24O4/c1-25-20(22)15-18(21(23)24)13-8-14-19(16-9-4-2-5-10-16)17-11-6-3-7-12-17/h2-7,9-12,18-19H,8,13-15H2,1H3,(H,23,24). The van der Waals surface area contributed by atoms with E-state index in [9.17, 15) is 14.7 Å². The fourth-order valence-corrected chi connectivity index (χ4v) is 3.06. The van der Waals surface area contributed by atoms with E-state index >= 15 is 0 Å². The number of benzene rings is 2. The number of hydrogen-bond acceptors (Lipinski definition) is 3. The van der Waals surface area contributed by atoms with Crippen molar-refractivity contribution >= 4 is 11.9 Å². The maximum absolute atomic E-state index is 11.4. The summed E-state index contributed by atoms with van der Waals surface area (Å²) < 4.78 is 4.59. The first-order valence-corrected chi connectivity index (χ1v) is 8.51. The smallest absolute Gasteiger partial charge is 0.307 e. The van der Waals surface area contributed by atoms with Gasteiger partial charge >= 0.3 is 11.9 Å². The zero-order chi connectivity index (χ0) is 18.1. The van der Waals surface area contributed by atoms with Gasteiger partial charge in [-0.25, -0.2) is 0 Å². The van der Waals surface area contributed by atoms with E-state index in [1.54, 1.807) is 0 Å². The van der Waals surface area contributed by atoms with E-state index in [1.807, 2.05) is 36.4 Å². The normalized spacial score (nSPS) is 11.9. The van der Waals surface area contributed by atoms with E-state index in [1.165, 1.54) is 18.2 Å². The summed E-state index contributed by atoms with van der Waals surface area (Å²) >= 11 is 0. The SMILES string of the molecule is COC(=O)CC(CCCC(c1ccccc1)c1ccccc1)C(=O)O. The Morgan fingerprint density at radius 3 is 1.88 bits per heavy atom. The van der Waals surface area contributed by atoms with Crippen LogP contribution < -0.4 is 0 Å². The molecular weight excluding hydrogens is 316 g/mol. The first-order chi connectivity index (χ1) is 12.1. The molecule has 25 heavy (non-hydrogen) atoms. The number of carbonyl (C=O) groups is 2. The number of aliphatic carboxylic acids is 1. The molecule has 0 aromatic heterocycles. The summed E-state index contributed by atoms with van der Waals surface area (Å²) in [5, 5.41) is 9.31. The molecule has 0 radical (unpaired) electrons.